The van der Waals surface area contributed by atoms with Gasteiger partial charge < -0.3 is 9.47 Å². The number of sulfonamides is 1. The molecule has 0 aromatic heterocycles. The molecule has 1 heterocycles. The van der Waals surface area contributed by atoms with E-state index in [0.717, 1.165) is 39.8 Å². The van der Waals surface area contributed by atoms with Crippen LogP contribution in [0.1, 0.15) is 57.6 Å². The van der Waals surface area contributed by atoms with Crippen LogP contribution < -0.4 is 0 Å². The van der Waals surface area contributed by atoms with Crippen molar-refractivity contribution in [2.45, 2.75) is 49.6 Å². The predicted molar refractivity (Wildman–Crippen MR) is 178 cm³/mol. The third kappa shape index (κ3) is 5.83. The summed E-state index contributed by atoms with van der Waals surface area (Å²) in [4.78, 5) is 0.147. The summed E-state index contributed by atoms with van der Waals surface area (Å²) in [6.45, 7) is 3.84. The average Bonchev–Trinajstić information content (AvgIpc) is 3.66. The van der Waals surface area contributed by atoms with E-state index in [1.54, 1.807) is 30.3 Å². The third-order valence-corrected chi connectivity index (χ3v) is 9.81. The third-order valence-electron chi connectivity index (χ3n) is 8.56. The smallest absolute Gasteiger partial charge is 0.282 e. The maximum atomic E-state index is 12.8. The molecule has 1 saturated heterocycles. The van der Waals surface area contributed by atoms with E-state index in [4.69, 9.17) is 14.6 Å². The molecule has 2 atom stereocenters. The van der Waals surface area contributed by atoms with Gasteiger partial charge in [0.1, 0.15) is 12.2 Å². The van der Waals surface area contributed by atoms with Gasteiger partial charge in [0.2, 0.25) is 0 Å². The van der Waals surface area contributed by atoms with Crippen molar-refractivity contribution in [3.8, 4) is 0 Å². The first-order valence-electron chi connectivity index (χ1n) is 15.3. The van der Waals surface area contributed by atoms with E-state index in [1.807, 2.05) is 74.5 Å². The topological polar surface area (TPSA) is 89.7 Å². The van der Waals surface area contributed by atoms with Crippen LogP contribution in [0.15, 0.2) is 141 Å². The Morgan fingerprint density at radius 2 is 1.35 bits per heavy atom. The largest absolute Gasteiger partial charge is 0.335 e. The normalized spacial score (nSPS) is 18.9. The predicted octanol–water partition coefficient (Wildman–Crippen LogP) is 9.16. The fraction of sp³-hybridized carbons (Fsp3) is 0.184. The number of hydrogen-bond acceptors (Lipinski definition) is 6. The lowest BCUT2D eigenvalue weighted by Crippen LogP contribution is -2.24. The lowest BCUT2D eigenvalue weighted by Gasteiger charge is -2.25. The first-order valence-corrected chi connectivity index (χ1v) is 16.7. The van der Waals surface area contributed by atoms with E-state index < -0.39 is 15.8 Å². The maximum absolute atomic E-state index is 12.8. The van der Waals surface area contributed by atoms with Gasteiger partial charge >= 0.3 is 0 Å². The van der Waals surface area contributed by atoms with Crippen LogP contribution in [0.3, 0.4) is 0 Å². The summed E-state index contributed by atoms with van der Waals surface area (Å²) in [6, 6.07) is 38.5. The quantitative estimate of drug-likeness (QED) is 0.133. The first-order chi connectivity index (χ1) is 22.3. The highest BCUT2D eigenvalue weighted by atomic mass is 32.2. The number of ether oxygens (including phenoxy) is 2. The zero-order valence-electron chi connectivity index (χ0n) is 25.6. The highest BCUT2D eigenvalue weighted by Gasteiger charge is 2.54. The molecule has 0 amide bonds. The number of azo groups is 1. The van der Waals surface area contributed by atoms with Gasteiger partial charge in [-0.05, 0) is 72.4 Å². The number of nitrogens with zero attached hydrogens (tertiary/aromatic N) is 3. The van der Waals surface area contributed by atoms with E-state index >= 15 is 0 Å². The van der Waals surface area contributed by atoms with Crippen LogP contribution in [0.25, 0.3) is 0 Å². The summed E-state index contributed by atoms with van der Waals surface area (Å²) >= 11 is 0. The Labute approximate surface area is 269 Å². The SMILES string of the molecule is Cc1ccc(S(=O)(=O)/N=C/c2ccc(C)c(N=Nc3cccc4c3C3(CC4)O[C@@H](c4ccccc4)[C@H](c4ccccc4)O3)c2)cc1. The summed E-state index contributed by atoms with van der Waals surface area (Å²) in [5.41, 5.74) is 7.89. The van der Waals surface area contributed by atoms with E-state index in [-0.39, 0.29) is 17.1 Å². The molecule has 0 saturated carbocycles. The van der Waals surface area contributed by atoms with Gasteiger partial charge in [-0.2, -0.15) is 23.0 Å². The Morgan fingerprint density at radius 1 is 0.717 bits per heavy atom. The number of rotatable bonds is 7. The standard InChI is InChI=1S/C38H33N3O4S/c1-26-16-20-32(21-17-26)46(42,43)39-25-28-19-18-27(2)34(24-28)41-40-33-15-9-14-29-22-23-38(35(29)33)44-36(30-10-5-3-6-11-30)37(45-38)31-12-7-4-8-13-31/h3-21,24-25,36-37H,22-23H2,1-2H3/b39-25+,41-40?/t36-,37-/m0/s1. The monoisotopic (exact) mass is 627 g/mol. The number of fused-ring (bicyclic) bond motifs is 2. The Morgan fingerprint density at radius 3 is 2.00 bits per heavy atom. The zero-order chi connectivity index (χ0) is 31.7. The minimum atomic E-state index is -3.83. The molecule has 1 aliphatic carbocycles. The van der Waals surface area contributed by atoms with Gasteiger partial charge in [0.25, 0.3) is 10.0 Å². The lowest BCUT2D eigenvalue weighted by atomic mass is 9.99. The molecular formula is C38H33N3O4S. The van der Waals surface area contributed by atoms with Crippen LogP contribution >= 0.6 is 0 Å². The van der Waals surface area contributed by atoms with Gasteiger partial charge in [-0.3, -0.25) is 0 Å². The summed E-state index contributed by atoms with van der Waals surface area (Å²) in [6.07, 6.45) is 2.21. The van der Waals surface area contributed by atoms with Crippen LogP contribution in [0.2, 0.25) is 0 Å². The second kappa shape index (κ2) is 12.2. The van der Waals surface area contributed by atoms with E-state index in [1.165, 1.54) is 6.21 Å². The number of aryl methyl sites for hydroxylation is 3. The minimum Gasteiger partial charge on any atom is -0.335 e. The Balaban J connectivity index is 1.20. The van der Waals surface area contributed by atoms with Crippen molar-refractivity contribution in [3.63, 3.8) is 0 Å². The molecule has 0 radical (unpaired) electrons. The fourth-order valence-corrected chi connectivity index (χ4v) is 7.00. The summed E-state index contributed by atoms with van der Waals surface area (Å²) in [5.74, 6) is -0.972. The van der Waals surface area contributed by atoms with Gasteiger partial charge in [0.05, 0.1) is 16.3 Å². The van der Waals surface area contributed by atoms with Crippen LogP contribution in [0.5, 0.6) is 0 Å². The summed E-state index contributed by atoms with van der Waals surface area (Å²) in [7, 11) is -3.83. The highest BCUT2D eigenvalue weighted by molar-refractivity contribution is 7.90. The van der Waals surface area contributed by atoms with Crippen LogP contribution in [0.4, 0.5) is 11.4 Å². The molecular weight excluding hydrogens is 595 g/mol. The molecule has 5 aromatic carbocycles. The molecule has 0 unspecified atom stereocenters. The minimum absolute atomic E-state index is 0.147. The van der Waals surface area contributed by atoms with Gasteiger partial charge in [0.15, 0.2) is 5.79 Å². The van der Waals surface area contributed by atoms with Gasteiger partial charge in [-0.15, -0.1) is 0 Å². The Hall–Kier alpha value is -4.76. The maximum Gasteiger partial charge on any atom is 0.282 e. The molecule has 0 bridgehead atoms. The van der Waals surface area contributed by atoms with Crippen LogP contribution in [-0.2, 0) is 31.7 Å². The molecule has 1 aliphatic heterocycles. The Bertz CT molecular complexity index is 2000. The molecule has 7 rings (SSSR count). The number of hydrogen-bond donors (Lipinski definition) is 0. The Kier molecular flexibility index (Phi) is 7.94. The lowest BCUT2D eigenvalue weighted by molar-refractivity contribution is -0.183. The van der Waals surface area contributed by atoms with E-state index in [0.29, 0.717) is 23.4 Å². The molecule has 0 N–H and O–H groups in total. The van der Waals surface area contributed by atoms with Crippen molar-refractivity contribution in [1.29, 1.82) is 0 Å². The van der Waals surface area contributed by atoms with Gasteiger partial charge in [0, 0.05) is 18.2 Å². The summed E-state index contributed by atoms with van der Waals surface area (Å²) in [5, 5.41) is 9.37. The second-order valence-corrected chi connectivity index (χ2v) is 13.4. The summed E-state index contributed by atoms with van der Waals surface area (Å²) < 4.78 is 43.3. The van der Waals surface area contributed by atoms with Crippen molar-refractivity contribution in [3.05, 3.63) is 160 Å². The molecule has 46 heavy (non-hydrogen) atoms. The fourth-order valence-electron chi connectivity index (χ4n) is 6.13. The second-order valence-electron chi connectivity index (χ2n) is 11.7. The molecule has 5 aromatic rings. The van der Waals surface area contributed by atoms with E-state index in [9.17, 15) is 8.42 Å². The number of benzene rings is 5. The van der Waals surface area contributed by atoms with Crippen molar-refractivity contribution in [1.82, 2.24) is 0 Å². The molecule has 230 valence electrons. The molecule has 1 fully saturated rings. The van der Waals surface area contributed by atoms with Crippen LogP contribution in [0, 0.1) is 13.8 Å². The van der Waals surface area contributed by atoms with Gasteiger partial charge in [-0.25, -0.2) is 0 Å². The highest BCUT2D eigenvalue weighted by Crippen LogP contribution is 2.58. The molecule has 8 heteroatoms. The van der Waals surface area contributed by atoms with Crippen molar-refractivity contribution >= 4 is 27.6 Å². The molecule has 1 spiro atoms. The van der Waals surface area contributed by atoms with Crippen LogP contribution in [-0.4, -0.2) is 14.6 Å². The van der Waals surface area contributed by atoms with Gasteiger partial charge in [-0.1, -0.05) is 103 Å². The zero-order valence-corrected chi connectivity index (χ0v) is 26.4. The molecule has 7 nitrogen and oxygen atoms in total. The molecule has 2 aliphatic rings. The van der Waals surface area contributed by atoms with Crippen molar-refractivity contribution < 1.29 is 17.9 Å². The average molecular weight is 628 g/mol. The first kappa shape index (κ1) is 29.9. The van der Waals surface area contributed by atoms with Crippen molar-refractivity contribution in [2.24, 2.45) is 14.6 Å². The van der Waals surface area contributed by atoms with Crippen molar-refractivity contribution in [2.75, 3.05) is 0 Å². The van der Waals surface area contributed by atoms with E-state index in [2.05, 4.69) is 39.8 Å².